The molecule has 0 amide bonds. The van der Waals surface area contributed by atoms with Gasteiger partial charge >= 0.3 is 0 Å². The van der Waals surface area contributed by atoms with E-state index >= 15 is 0 Å². The third kappa shape index (κ3) is 5.58. The van der Waals surface area contributed by atoms with Crippen molar-refractivity contribution in [2.75, 3.05) is 6.61 Å². The molecule has 124 valence electrons. The Morgan fingerprint density at radius 2 is 1.73 bits per heavy atom. The molecule has 1 aromatic rings. The van der Waals surface area contributed by atoms with Crippen molar-refractivity contribution in [1.29, 1.82) is 0 Å². The van der Waals surface area contributed by atoms with E-state index in [0.29, 0.717) is 18.4 Å². The number of hydrogen-bond acceptors (Lipinski definition) is 3. The van der Waals surface area contributed by atoms with Crippen molar-refractivity contribution in [3.8, 4) is 5.88 Å². The van der Waals surface area contributed by atoms with Crippen LogP contribution >= 0.6 is 0 Å². The SMILES string of the molecule is CCCCCCCC1CCC(c2ccc(OCC)nn2)CC1. The molecule has 0 aliphatic heterocycles. The van der Waals surface area contributed by atoms with Gasteiger partial charge in [0.25, 0.3) is 0 Å². The van der Waals surface area contributed by atoms with Gasteiger partial charge < -0.3 is 4.74 Å². The lowest BCUT2D eigenvalue weighted by Crippen LogP contribution is -2.14. The van der Waals surface area contributed by atoms with Gasteiger partial charge in [-0.2, -0.15) is 5.10 Å². The lowest BCUT2D eigenvalue weighted by Gasteiger charge is -2.28. The number of aromatic nitrogens is 2. The molecule has 0 aromatic carbocycles. The summed E-state index contributed by atoms with van der Waals surface area (Å²) in [5.74, 6) is 2.21. The van der Waals surface area contributed by atoms with Crippen LogP contribution in [0.2, 0.25) is 0 Å². The van der Waals surface area contributed by atoms with E-state index in [2.05, 4.69) is 23.2 Å². The highest BCUT2D eigenvalue weighted by molar-refractivity contribution is 5.15. The zero-order valence-corrected chi connectivity index (χ0v) is 14.4. The van der Waals surface area contributed by atoms with Gasteiger partial charge in [0.1, 0.15) is 0 Å². The maximum Gasteiger partial charge on any atom is 0.233 e. The largest absolute Gasteiger partial charge is 0.477 e. The smallest absolute Gasteiger partial charge is 0.233 e. The number of unbranched alkanes of at least 4 members (excludes halogenated alkanes) is 4. The Bertz CT molecular complexity index is 396. The van der Waals surface area contributed by atoms with Gasteiger partial charge in [-0.3, -0.25) is 0 Å². The van der Waals surface area contributed by atoms with Gasteiger partial charge in [-0.05, 0) is 44.6 Å². The first kappa shape index (κ1) is 17.2. The minimum Gasteiger partial charge on any atom is -0.477 e. The highest BCUT2D eigenvalue weighted by atomic mass is 16.5. The molecular formula is C19H32N2O. The van der Waals surface area contributed by atoms with Gasteiger partial charge in [0.2, 0.25) is 5.88 Å². The highest BCUT2D eigenvalue weighted by Gasteiger charge is 2.23. The Kier molecular flexibility index (Phi) is 7.68. The van der Waals surface area contributed by atoms with Crippen molar-refractivity contribution in [3.05, 3.63) is 17.8 Å². The molecule has 1 aromatic heterocycles. The molecule has 22 heavy (non-hydrogen) atoms. The quantitative estimate of drug-likeness (QED) is 0.564. The predicted molar refractivity (Wildman–Crippen MR) is 91.3 cm³/mol. The lowest BCUT2D eigenvalue weighted by molar-refractivity contribution is 0.295. The van der Waals surface area contributed by atoms with E-state index in [1.54, 1.807) is 0 Å². The minimum absolute atomic E-state index is 0.611. The van der Waals surface area contributed by atoms with E-state index in [1.165, 1.54) is 64.2 Å². The number of nitrogens with zero attached hydrogens (tertiary/aromatic N) is 2. The normalized spacial score (nSPS) is 21.7. The second kappa shape index (κ2) is 9.81. The molecular weight excluding hydrogens is 272 g/mol. The van der Waals surface area contributed by atoms with E-state index in [1.807, 2.05) is 13.0 Å². The monoisotopic (exact) mass is 304 g/mol. The van der Waals surface area contributed by atoms with Crippen molar-refractivity contribution < 1.29 is 4.74 Å². The predicted octanol–water partition coefficient (Wildman–Crippen LogP) is 5.51. The molecule has 1 aliphatic carbocycles. The van der Waals surface area contributed by atoms with E-state index < -0.39 is 0 Å². The zero-order chi connectivity index (χ0) is 15.6. The van der Waals surface area contributed by atoms with E-state index in [9.17, 15) is 0 Å². The van der Waals surface area contributed by atoms with Gasteiger partial charge in [-0.15, -0.1) is 5.10 Å². The van der Waals surface area contributed by atoms with Gasteiger partial charge in [0, 0.05) is 12.0 Å². The average molecular weight is 304 g/mol. The van der Waals surface area contributed by atoms with E-state index in [4.69, 9.17) is 4.74 Å². The Balaban J connectivity index is 1.68. The van der Waals surface area contributed by atoms with Gasteiger partial charge in [-0.1, -0.05) is 45.4 Å². The van der Waals surface area contributed by atoms with Gasteiger partial charge in [-0.25, -0.2) is 0 Å². The van der Waals surface area contributed by atoms with Crippen LogP contribution in [0.1, 0.15) is 89.7 Å². The number of rotatable bonds is 9. The molecule has 1 heterocycles. The second-order valence-corrected chi connectivity index (χ2v) is 6.65. The summed E-state index contributed by atoms with van der Waals surface area (Å²) in [6.07, 6.45) is 13.8. The summed E-state index contributed by atoms with van der Waals surface area (Å²) in [4.78, 5) is 0. The van der Waals surface area contributed by atoms with Gasteiger partial charge in [0.15, 0.2) is 0 Å². The summed E-state index contributed by atoms with van der Waals surface area (Å²) in [7, 11) is 0. The Morgan fingerprint density at radius 1 is 0.955 bits per heavy atom. The number of hydrogen-bond donors (Lipinski definition) is 0. The van der Waals surface area contributed by atoms with Crippen LogP contribution in [0.5, 0.6) is 5.88 Å². The molecule has 0 unspecified atom stereocenters. The summed E-state index contributed by atoms with van der Waals surface area (Å²) in [6, 6.07) is 4.07. The molecule has 0 spiro atoms. The molecule has 0 saturated heterocycles. The van der Waals surface area contributed by atoms with Crippen LogP contribution in [-0.2, 0) is 0 Å². The van der Waals surface area contributed by atoms with Crippen molar-refractivity contribution in [1.82, 2.24) is 10.2 Å². The summed E-state index contributed by atoms with van der Waals surface area (Å²) in [6.45, 7) is 4.90. The molecule has 0 N–H and O–H groups in total. The van der Waals surface area contributed by atoms with E-state index in [-0.39, 0.29) is 0 Å². The first-order valence-electron chi connectivity index (χ1n) is 9.29. The Hall–Kier alpha value is -1.12. The molecule has 1 fully saturated rings. The molecule has 1 saturated carbocycles. The number of ether oxygens (including phenoxy) is 1. The standard InChI is InChI=1S/C19H32N2O/c1-3-5-6-7-8-9-16-10-12-17(13-11-16)18-14-15-19(21-20-18)22-4-2/h14-17H,3-13H2,1-2H3. The molecule has 0 radical (unpaired) electrons. The van der Waals surface area contributed by atoms with Crippen LogP contribution in [0, 0.1) is 5.92 Å². The summed E-state index contributed by atoms with van der Waals surface area (Å²) in [5, 5.41) is 8.54. The summed E-state index contributed by atoms with van der Waals surface area (Å²) in [5.41, 5.74) is 1.16. The van der Waals surface area contributed by atoms with Crippen molar-refractivity contribution in [3.63, 3.8) is 0 Å². The topological polar surface area (TPSA) is 35.0 Å². The Labute approximate surface area is 135 Å². The maximum atomic E-state index is 5.36. The third-order valence-electron chi connectivity index (χ3n) is 4.93. The molecule has 0 bridgehead atoms. The fourth-order valence-electron chi connectivity index (χ4n) is 3.56. The first-order valence-corrected chi connectivity index (χ1v) is 9.29. The van der Waals surface area contributed by atoms with Crippen LogP contribution < -0.4 is 4.74 Å². The lowest BCUT2D eigenvalue weighted by atomic mass is 9.78. The fourth-order valence-corrected chi connectivity index (χ4v) is 3.56. The minimum atomic E-state index is 0.611. The maximum absolute atomic E-state index is 5.36. The average Bonchev–Trinajstić information content (AvgIpc) is 2.56. The van der Waals surface area contributed by atoms with Crippen molar-refractivity contribution in [2.45, 2.75) is 84.0 Å². The van der Waals surface area contributed by atoms with Crippen molar-refractivity contribution >= 4 is 0 Å². The third-order valence-corrected chi connectivity index (χ3v) is 4.93. The summed E-state index contributed by atoms with van der Waals surface area (Å²) < 4.78 is 5.36. The van der Waals surface area contributed by atoms with E-state index in [0.717, 1.165) is 11.6 Å². The van der Waals surface area contributed by atoms with Crippen molar-refractivity contribution in [2.24, 2.45) is 5.92 Å². The first-order chi connectivity index (χ1) is 10.8. The molecule has 3 nitrogen and oxygen atoms in total. The van der Waals surface area contributed by atoms with Gasteiger partial charge in [0.05, 0.1) is 12.3 Å². The fraction of sp³-hybridized carbons (Fsp3) is 0.789. The van der Waals surface area contributed by atoms with Crippen LogP contribution in [-0.4, -0.2) is 16.8 Å². The highest BCUT2D eigenvalue weighted by Crippen LogP contribution is 2.37. The second-order valence-electron chi connectivity index (χ2n) is 6.65. The molecule has 2 rings (SSSR count). The molecule has 1 aliphatic rings. The molecule has 3 heteroatoms. The zero-order valence-electron chi connectivity index (χ0n) is 14.4. The van der Waals surface area contributed by atoms with Crippen LogP contribution in [0.4, 0.5) is 0 Å². The van der Waals surface area contributed by atoms with Crippen LogP contribution in [0.3, 0.4) is 0 Å². The van der Waals surface area contributed by atoms with Crippen LogP contribution in [0.25, 0.3) is 0 Å². The van der Waals surface area contributed by atoms with Crippen LogP contribution in [0.15, 0.2) is 12.1 Å². The molecule has 0 atom stereocenters. The Morgan fingerprint density at radius 3 is 2.36 bits per heavy atom. The summed E-state index contributed by atoms with van der Waals surface area (Å²) >= 11 is 0.